The third-order valence-electron chi connectivity index (χ3n) is 7.14. The Labute approximate surface area is 198 Å². The average molecular weight is 481 g/mol. The maximum absolute atomic E-state index is 12.3. The van der Waals surface area contributed by atoms with E-state index in [1.54, 1.807) is 30.2 Å². The SMILES string of the molecule is CNc1nc(-n2cc(-c3ccccc3Cl)nn2)nc2c1ncn2[C@H]1C(O)C(O)[C@]2(C(C)=O)CC12. The smallest absolute Gasteiger partial charge is 0.256 e. The highest BCUT2D eigenvalue weighted by molar-refractivity contribution is 6.33. The summed E-state index contributed by atoms with van der Waals surface area (Å²) < 4.78 is 3.16. The van der Waals surface area contributed by atoms with Crippen LogP contribution in [0.3, 0.4) is 0 Å². The summed E-state index contributed by atoms with van der Waals surface area (Å²) in [7, 11) is 1.72. The number of carbonyl (C=O) groups is 1. The number of fused-ring (bicyclic) bond motifs is 2. The first kappa shape index (κ1) is 21.1. The van der Waals surface area contributed by atoms with Gasteiger partial charge < -0.3 is 20.1 Å². The fourth-order valence-corrected chi connectivity index (χ4v) is 5.56. The zero-order valence-corrected chi connectivity index (χ0v) is 19.0. The summed E-state index contributed by atoms with van der Waals surface area (Å²) in [5.41, 5.74) is 1.34. The van der Waals surface area contributed by atoms with E-state index in [0.29, 0.717) is 34.1 Å². The summed E-state index contributed by atoms with van der Waals surface area (Å²) in [4.78, 5) is 25.9. The number of aliphatic hydroxyl groups excluding tert-OH is 2. The molecule has 3 N–H and O–H groups in total. The second-order valence-electron chi connectivity index (χ2n) is 8.81. The Morgan fingerprint density at radius 2 is 2.06 bits per heavy atom. The quantitative estimate of drug-likeness (QED) is 0.388. The summed E-state index contributed by atoms with van der Waals surface area (Å²) in [6.45, 7) is 1.46. The lowest BCUT2D eigenvalue weighted by Crippen LogP contribution is -2.36. The van der Waals surface area contributed by atoms with Crippen LogP contribution < -0.4 is 5.32 Å². The molecular formula is C22H21ClN8O3. The molecule has 2 saturated carbocycles. The molecule has 0 bridgehead atoms. The maximum atomic E-state index is 12.3. The number of rotatable bonds is 5. The van der Waals surface area contributed by atoms with Crippen LogP contribution in [0, 0.1) is 11.3 Å². The highest BCUT2D eigenvalue weighted by Crippen LogP contribution is 2.68. The van der Waals surface area contributed by atoms with E-state index in [0.717, 1.165) is 5.56 Å². The number of nitrogens with zero attached hydrogens (tertiary/aromatic N) is 7. The van der Waals surface area contributed by atoms with Gasteiger partial charge in [0.05, 0.1) is 35.1 Å². The van der Waals surface area contributed by atoms with Crippen molar-refractivity contribution in [2.45, 2.75) is 31.6 Å². The minimum Gasteiger partial charge on any atom is -0.389 e. The number of benzene rings is 1. The van der Waals surface area contributed by atoms with Crippen molar-refractivity contribution in [2.24, 2.45) is 11.3 Å². The first-order valence-electron chi connectivity index (χ1n) is 10.8. The van der Waals surface area contributed by atoms with Gasteiger partial charge in [0.15, 0.2) is 17.0 Å². The minimum atomic E-state index is -1.13. The van der Waals surface area contributed by atoms with Gasteiger partial charge in [-0.15, -0.1) is 5.10 Å². The van der Waals surface area contributed by atoms with E-state index in [4.69, 9.17) is 11.6 Å². The third kappa shape index (κ3) is 2.77. The lowest BCUT2D eigenvalue weighted by molar-refractivity contribution is -0.128. The lowest BCUT2D eigenvalue weighted by atomic mass is 9.95. The molecule has 0 radical (unpaired) electrons. The van der Waals surface area contributed by atoms with Gasteiger partial charge in [0.2, 0.25) is 0 Å². The average Bonchev–Trinajstić information content (AvgIpc) is 3.09. The van der Waals surface area contributed by atoms with E-state index >= 15 is 0 Å². The molecule has 2 fully saturated rings. The Hall–Kier alpha value is -3.41. The van der Waals surface area contributed by atoms with Crippen molar-refractivity contribution in [3.63, 3.8) is 0 Å². The zero-order chi connectivity index (χ0) is 23.8. The largest absolute Gasteiger partial charge is 0.389 e. The molecule has 34 heavy (non-hydrogen) atoms. The Kier molecular flexibility index (Phi) is 4.54. The summed E-state index contributed by atoms with van der Waals surface area (Å²) in [5, 5.41) is 33.4. The maximum Gasteiger partial charge on any atom is 0.256 e. The van der Waals surface area contributed by atoms with Gasteiger partial charge >= 0.3 is 0 Å². The van der Waals surface area contributed by atoms with Crippen molar-refractivity contribution in [1.29, 1.82) is 0 Å². The predicted octanol–water partition coefficient (Wildman–Crippen LogP) is 1.64. The van der Waals surface area contributed by atoms with Gasteiger partial charge in [-0.1, -0.05) is 35.0 Å². The Morgan fingerprint density at radius 3 is 2.76 bits per heavy atom. The summed E-state index contributed by atoms with van der Waals surface area (Å²) in [6, 6.07) is 6.78. The number of nitrogens with one attached hydrogen (secondary N) is 1. The van der Waals surface area contributed by atoms with Crippen molar-refractivity contribution in [2.75, 3.05) is 12.4 Å². The van der Waals surface area contributed by atoms with Crippen LogP contribution in [0.2, 0.25) is 5.02 Å². The Bertz CT molecular complexity index is 1450. The van der Waals surface area contributed by atoms with Crippen LogP contribution in [0.1, 0.15) is 19.4 Å². The molecule has 2 aliphatic rings. The standard InChI is InChI=1S/C22H21ClN8O3/c1-10(32)22-7-12(22)16(17(33)18(22)34)30-9-25-15-19(24-2)26-21(27-20(15)30)31-8-14(28-29-31)11-5-3-4-6-13(11)23/h3-6,8-9,12,16-18,33-34H,7H2,1-2H3,(H,24,26,27)/t12?,16-,17?,18?,22+/m1/s1. The first-order valence-corrected chi connectivity index (χ1v) is 11.2. The molecule has 1 aromatic carbocycles. The van der Waals surface area contributed by atoms with Crippen LogP contribution in [0.5, 0.6) is 0 Å². The predicted molar refractivity (Wildman–Crippen MR) is 123 cm³/mol. The zero-order valence-electron chi connectivity index (χ0n) is 18.3. The van der Waals surface area contributed by atoms with Gasteiger partial charge in [0, 0.05) is 12.6 Å². The van der Waals surface area contributed by atoms with Gasteiger partial charge in [-0.3, -0.25) is 4.79 Å². The molecule has 3 unspecified atom stereocenters. The molecule has 174 valence electrons. The topological polar surface area (TPSA) is 144 Å². The summed E-state index contributed by atoms with van der Waals surface area (Å²) in [5.74, 6) is 0.403. The number of hydrogen-bond donors (Lipinski definition) is 3. The van der Waals surface area contributed by atoms with Crippen LogP contribution in [-0.4, -0.2) is 69.8 Å². The highest BCUT2D eigenvalue weighted by Gasteiger charge is 2.74. The Morgan fingerprint density at radius 1 is 1.26 bits per heavy atom. The number of Topliss-reactive ketones (excluding diaryl/α,β-unsaturated/α-hetero) is 1. The van der Waals surface area contributed by atoms with Gasteiger partial charge in [0.25, 0.3) is 5.95 Å². The monoisotopic (exact) mass is 480 g/mol. The van der Waals surface area contributed by atoms with Crippen molar-refractivity contribution in [3.05, 3.63) is 41.8 Å². The fourth-order valence-electron chi connectivity index (χ4n) is 5.33. The molecule has 0 aliphatic heterocycles. The van der Waals surface area contributed by atoms with E-state index in [1.165, 1.54) is 11.6 Å². The molecule has 0 amide bonds. The van der Waals surface area contributed by atoms with Crippen molar-refractivity contribution >= 4 is 34.4 Å². The molecule has 2 aliphatic carbocycles. The number of aromatic nitrogens is 7. The molecule has 0 spiro atoms. The number of imidazole rings is 1. The normalized spacial score (nSPS) is 27.7. The molecule has 5 atom stereocenters. The summed E-state index contributed by atoms with van der Waals surface area (Å²) in [6.07, 6.45) is 1.52. The van der Waals surface area contributed by atoms with Gasteiger partial charge in [0.1, 0.15) is 17.6 Å². The Balaban J connectivity index is 1.45. The van der Waals surface area contributed by atoms with Crippen LogP contribution in [0.4, 0.5) is 5.82 Å². The van der Waals surface area contributed by atoms with Crippen LogP contribution in [0.15, 0.2) is 36.8 Å². The van der Waals surface area contributed by atoms with Crippen molar-refractivity contribution in [1.82, 2.24) is 34.5 Å². The molecule has 12 heteroatoms. The fraction of sp³-hybridized carbons (Fsp3) is 0.364. The van der Waals surface area contributed by atoms with Crippen LogP contribution >= 0.6 is 11.6 Å². The van der Waals surface area contributed by atoms with Crippen molar-refractivity contribution < 1.29 is 15.0 Å². The van der Waals surface area contributed by atoms with E-state index in [-0.39, 0.29) is 17.6 Å². The van der Waals surface area contributed by atoms with E-state index < -0.39 is 23.7 Å². The lowest BCUT2D eigenvalue weighted by Gasteiger charge is -2.23. The minimum absolute atomic E-state index is 0.114. The number of ketones is 1. The van der Waals surface area contributed by atoms with Gasteiger partial charge in [-0.2, -0.15) is 14.6 Å². The third-order valence-corrected chi connectivity index (χ3v) is 7.47. The molecule has 3 aromatic heterocycles. The molecule has 4 aromatic rings. The number of carbonyl (C=O) groups excluding carboxylic acids is 1. The van der Waals surface area contributed by atoms with E-state index in [9.17, 15) is 15.0 Å². The van der Waals surface area contributed by atoms with E-state index in [1.807, 2.05) is 18.2 Å². The highest BCUT2D eigenvalue weighted by atomic mass is 35.5. The summed E-state index contributed by atoms with van der Waals surface area (Å²) >= 11 is 6.30. The molecular weight excluding hydrogens is 460 g/mol. The molecule has 3 heterocycles. The number of aliphatic hydroxyl groups is 2. The van der Waals surface area contributed by atoms with E-state index in [2.05, 4.69) is 30.6 Å². The second kappa shape index (κ2) is 7.29. The molecule has 11 nitrogen and oxygen atoms in total. The number of halogens is 1. The van der Waals surface area contributed by atoms with Crippen molar-refractivity contribution in [3.8, 4) is 17.2 Å². The van der Waals surface area contributed by atoms with Crippen LogP contribution in [-0.2, 0) is 4.79 Å². The second-order valence-corrected chi connectivity index (χ2v) is 9.21. The number of hydrogen-bond acceptors (Lipinski definition) is 9. The first-order chi connectivity index (χ1) is 16.4. The van der Waals surface area contributed by atoms with Gasteiger partial charge in [-0.05, 0) is 25.3 Å². The molecule has 0 saturated heterocycles. The van der Waals surface area contributed by atoms with Gasteiger partial charge in [-0.25, -0.2) is 4.98 Å². The number of anilines is 1. The molecule has 6 rings (SSSR count). The van der Waals surface area contributed by atoms with Crippen LogP contribution in [0.25, 0.3) is 28.4 Å².